The van der Waals surface area contributed by atoms with Crippen molar-refractivity contribution in [3.05, 3.63) is 129 Å². The van der Waals surface area contributed by atoms with E-state index in [1.165, 1.54) is 12.1 Å². The maximum atomic E-state index is 13.8. The third-order valence-corrected chi connectivity index (χ3v) is 7.20. The average Bonchev–Trinajstić information content (AvgIpc) is 2.94. The number of aliphatic hydroxyl groups is 1. The number of aryl methyl sites for hydroxylation is 1. The van der Waals surface area contributed by atoms with Crippen molar-refractivity contribution in [2.75, 3.05) is 6.54 Å². The van der Waals surface area contributed by atoms with Crippen molar-refractivity contribution in [3.63, 3.8) is 0 Å². The van der Waals surface area contributed by atoms with E-state index in [0.29, 0.717) is 24.9 Å². The SMILES string of the molecule is O=C(CCCc1ccc(Oc2ccccc2)cc1)N[C@H](Cc1cc(F)cc(F)c1)[C@H](O)CNCc1cccc(I)c1. The first-order chi connectivity index (χ1) is 19.8. The summed E-state index contributed by atoms with van der Waals surface area (Å²) in [6.45, 7) is 0.740. The van der Waals surface area contributed by atoms with Gasteiger partial charge in [-0.25, -0.2) is 8.78 Å². The molecule has 41 heavy (non-hydrogen) atoms. The van der Waals surface area contributed by atoms with Crippen LogP contribution in [-0.4, -0.2) is 29.7 Å². The molecule has 0 fully saturated rings. The highest BCUT2D eigenvalue weighted by Gasteiger charge is 2.22. The van der Waals surface area contributed by atoms with Gasteiger partial charge in [0.2, 0.25) is 5.91 Å². The zero-order valence-electron chi connectivity index (χ0n) is 22.5. The van der Waals surface area contributed by atoms with Gasteiger partial charge in [0.15, 0.2) is 0 Å². The lowest BCUT2D eigenvalue weighted by atomic mass is 10.00. The highest BCUT2D eigenvalue weighted by Crippen LogP contribution is 2.22. The number of halogens is 3. The fourth-order valence-electron chi connectivity index (χ4n) is 4.50. The van der Waals surface area contributed by atoms with Crippen molar-refractivity contribution in [2.24, 2.45) is 0 Å². The number of ether oxygens (including phenoxy) is 1. The van der Waals surface area contributed by atoms with Gasteiger partial charge in [0.05, 0.1) is 12.1 Å². The summed E-state index contributed by atoms with van der Waals surface area (Å²) in [6.07, 6.45) is 0.672. The lowest BCUT2D eigenvalue weighted by Crippen LogP contribution is -2.48. The number of nitrogens with one attached hydrogen (secondary N) is 2. The molecule has 0 radical (unpaired) electrons. The first-order valence-corrected chi connectivity index (χ1v) is 14.6. The Kier molecular flexibility index (Phi) is 11.7. The topological polar surface area (TPSA) is 70.6 Å². The number of aliphatic hydroxyl groups excluding tert-OH is 1. The number of rotatable bonds is 14. The van der Waals surface area contributed by atoms with Crippen LogP contribution in [0, 0.1) is 15.2 Å². The predicted octanol–water partition coefficient (Wildman–Crippen LogP) is 6.56. The zero-order valence-corrected chi connectivity index (χ0v) is 24.7. The Bertz CT molecular complexity index is 1380. The van der Waals surface area contributed by atoms with E-state index in [4.69, 9.17) is 4.74 Å². The molecule has 0 aliphatic rings. The minimum absolute atomic E-state index is 0.0926. The molecule has 0 bridgehead atoms. The second-order valence-corrected chi connectivity index (χ2v) is 11.1. The summed E-state index contributed by atoms with van der Waals surface area (Å²) in [4.78, 5) is 12.9. The van der Waals surface area contributed by atoms with Gasteiger partial charge in [-0.05, 0) is 107 Å². The van der Waals surface area contributed by atoms with Crippen LogP contribution >= 0.6 is 22.6 Å². The smallest absolute Gasteiger partial charge is 0.220 e. The number of carbonyl (C=O) groups is 1. The highest BCUT2D eigenvalue weighted by atomic mass is 127. The molecular formula is C33H33F2IN2O3. The number of hydrogen-bond acceptors (Lipinski definition) is 4. The quantitative estimate of drug-likeness (QED) is 0.133. The molecule has 0 saturated carbocycles. The summed E-state index contributed by atoms with van der Waals surface area (Å²) in [5, 5.41) is 17.0. The fourth-order valence-corrected chi connectivity index (χ4v) is 5.11. The van der Waals surface area contributed by atoms with E-state index in [-0.39, 0.29) is 25.3 Å². The number of hydrogen-bond donors (Lipinski definition) is 3. The summed E-state index contributed by atoms with van der Waals surface area (Å²) in [7, 11) is 0. The summed E-state index contributed by atoms with van der Waals surface area (Å²) in [5.41, 5.74) is 2.50. The van der Waals surface area contributed by atoms with E-state index in [2.05, 4.69) is 33.2 Å². The van der Waals surface area contributed by atoms with Crippen LogP contribution in [0.4, 0.5) is 8.78 Å². The normalized spacial score (nSPS) is 12.5. The van der Waals surface area contributed by atoms with E-state index < -0.39 is 23.8 Å². The van der Waals surface area contributed by atoms with E-state index in [0.717, 1.165) is 32.3 Å². The molecule has 1 amide bonds. The van der Waals surface area contributed by atoms with Gasteiger partial charge in [-0.1, -0.05) is 42.5 Å². The van der Waals surface area contributed by atoms with Gasteiger partial charge < -0.3 is 20.5 Å². The van der Waals surface area contributed by atoms with Crippen LogP contribution in [0.15, 0.2) is 97.1 Å². The van der Waals surface area contributed by atoms with Crippen molar-refractivity contribution in [2.45, 2.75) is 44.4 Å². The Balaban J connectivity index is 1.29. The molecule has 0 unspecified atom stereocenters. The van der Waals surface area contributed by atoms with Gasteiger partial charge in [-0.15, -0.1) is 0 Å². The van der Waals surface area contributed by atoms with Gasteiger partial charge in [-0.3, -0.25) is 4.79 Å². The van der Waals surface area contributed by atoms with Crippen molar-refractivity contribution in [1.82, 2.24) is 10.6 Å². The third kappa shape index (κ3) is 10.5. The van der Waals surface area contributed by atoms with Crippen LogP contribution in [0.5, 0.6) is 11.5 Å². The Hall–Kier alpha value is -3.34. The summed E-state index contributed by atoms with van der Waals surface area (Å²) >= 11 is 2.24. The van der Waals surface area contributed by atoms with Crippen LogP contribution in [0.3, 0.4) is 0 Å². The number of para-hydroxylation sites is 1. The molecule has 4 aromatic rings. The van der Waals surface area contributed by atoms with Gasteiger partial charge in [0, 0.05) is 29.1 Å². The number of carbonyl (C=O) groups excluding carboxylic acids is 1. The summed E-state index contributed by atoms with van der Waals surface area (Å²) in [5.74, 6) is -0.126. The molecule has 8 heteroatoms. The van der Waals surface area contributed by atoms with E-state index >= 15 is 0 Å². The van der Waals surface area contributed by atoms with Gasteiger partial charge in [-0.2, -0.15) is 0 Å². The predicted molar refractivity (Wildman–Crippen MR) is 165 cm³/mol. The van der Waals surface area contributed by atoms with Crippen molar-refractivity contribution < 1.29 is 23.4 Å². The van der Waals surface area contributed by atoms with Gasteiger partial charge in [0.1, 0.15) is 23.1 Å². The maximum Gasteiger partial charge on any atom is 0.220 e. The minimum atomic E-state index is -0.967. The third-order valence-electron chi connectivity index (χ3n) is 6.53. The van der Waals surface area contributed by atoms with Crippen LogP contribution in [0.2, 0.25) is 0 Å². The lowest BCUT2D eigenvalue weighted by Gasteiger charge is -2.25. The van der Waals surface area contributed by atoms with Crippen molar-refractivity contribution in [1.29, 1.82) is 0 Å². The van der Waals surface area contributed by atoms with Crippen LogP contribution < -0.4 is 15.4 Å². The fraction of sp³-hybridized carbons (Fsp3) is 0.242. The van der Waals surface area contributed by atoms with Gasteiger partial charge >= 0.3 is 0 Å². The van der Waals surface area contributed by atoms with Crippen LogP contribution in [-0.2, 0) is 24.2 Å². The molecule has 0 spiro atoms. The molecule has 0 saturated heterocycles. The second-order valence-electron chi connectivity index (χ2n) is 9.90. The van der Waals surface area contributed by atoms with Crippen molar-refractivity contribution in [3.8, 4) is 11.5 Å². The zero-order chi connectivity index (χ0) is 29.0. The molecule has 0 heterocycles. The largest absolute Gasteiger partial charge is 0.457 e. The molecule has 0 aromatic heterocycles. The minimum Gasteiger partial charge on any atom is -0.457 e. The monoisotopic (exact) mass is 670 g/mol. The Morgan fingerprint density at radius 2 is 1.54 bits per heavy atom. The average molecular weight is 671 g/mol. The van der Waals surface area contributed by atoms with E-state index in [1.54, 1.807) is 0 Å². The Labute approximate surface area is 253 Å². The summed E-state index contributed by atoms with van der Waals surface area (Å²) in [6, 6.07) is 27.8. The standard InChI is InChI=1S/C33H33F2IN2O3/c34-26-16-25(17-27(35)20-26)19-31(32(39)22-37-21-24-7-4-8-28(36)18-24)38-33(40)11-5-6-23-12-14-30(15-13-23)41-29-9-2-1-3-10-29/h1-4,7-10,12-18,20,31-32,37,39H,5-6,11,19,21-22H2,(H,38,40)/t31-,32-/m1/s1. The van der Waals surface area contributed by atoms with E-state index in [1.807, 2.05) is 78.9 Å². The van der Waals surface area contributed by atoms with Crippen molar-refractivity contribution >= 4 is 28.5 Å². The first-order valence-electron chi connectivity index (χ1n) is 13.5. The number of amides is 1. The Morgan fingerprint density at radius 3 is 2.24 bits per heavy atom. The highest BCUT2D eigenvalue weighted by molar-refractivity contribution is 14.1. The number of benzene rings is 4. The molecule has 2 atom stereocenters. The van der Waals surface area contributed by atoms with Gasteiger partial charge in [0.25, 0.3) is 0 Å². The van der Waals surface area contributed by atoms with E-state index in [9.17, 15) is 18.7 Å². The molecule has 4 aromatic carbocycles. The molecular weight excluding hydrogens is 637 g/mol. The first kappa shape index (κ1) is 30.6. The molecule has 5 nitrogen and oxygen atoms in total. The molecule has 0 aliphatic carbocycles. The Morgan fingerprint density at radius 1 is 0.829 bits per heavy atom. The maximum absolute atomic E-state index is 13.8. The lowest BCUT2D eigenvalue weighted by molar-refractivity contribution is -0.122. The molecule has 214 valence electrons. The molecule has 4 rings (SSSR count). The summed E-state index contributed by atoms with van der Waals surface area (Å²) < 4.78 is 34.6. The van der Waals surface area contributed by atoms with Crippen LogP contribution in [0.25, 0.3) is 0 Å². The second kappa shape index (κ2) is 15.6. The van der Waals surface area contributed by atoms with Crippen LogP contribution in [0.1, 0.15) is 29.5 Å². The molecule has 0 aliphatic heterocycles. The molecule has 3 N–H and O–H groups in total.